The lowest BCUT2D eigenvalue weighted by molar-refractivity contribution is -0.120. The lowest BCUT2D eigenvalue weighted by atomic mass is 9.95. The van der Waals surface area contributed by atoms with Crippen molar-refractivity contribution >= 4 is 40.5 Å². The minimum atomic E-state index is -0.119. The van der Waals surface area contributed by atoms with Gasteiger partial charge in [-0.2, -0.15) is 0 Å². The number of carbonyl (C=O) groups is 2. The quantitative estimate of drug-likeness (QED) is 0.308. The number of rotatable bonds is 9. The Hall–Kier alpha value is -3.35. The number of nitrogens with zero attached hydrogens (tertiary/aromatic N) is 1. The maximum absolute atomic E-state index is 13.1. The third kappa shape index (κ3) is 5.40. The van der Waals surface area contributed by atoms with Crippen molar-refractivity contribution in [3.63, 3.8) is 0 Å². The van der Waals surface area contributed by atoms with E-state index in [1.807, 2.05) is 75.5 Å². The minimum absolute atomic E-state index is 0.00183. The highest BCUT2D eigenvalue weighted by molar-refractivity contribution is 6.33. The van der Waals surface area contributed by atoms with E-state index in [9.17, 15) is 9.59 Å². The van der Waals surface area contributed by atoms with Gasteiger partial charge in [0.25, 0.3) is 5.91 Å². The van der Waals surface area contributed by atoms with Crippen molar-refractivity contribution in [2.45, 2.75) is 32.7 Å². The predicted molar refractivity (Wildman–Crippen MR) is 148 cm³/mol. The Morgan fingerprint density at radius 1 is 0.972 bits per heavy atom. The Bertz CT molecular complexity index is 1240. The van der Waals surface area contributed by atoms with E-state index >= 15 is 0 Å². The Balaban J connectivity index is 1.43. The molecule has 3 aromatic carbocycles. The van der Waals surface area contributed by atoms with Crippen LogP contribution < -0.4 is 20.9 Å². The van der Waals surface area contributed by atoms with Crippen molar-refractivity contribution in [1.82, 2.24) is 5.32 Å². The molecule has 0 saturated heterocycles. The standard InChI is InChI=1S/C29H33ClN4O2/c1-4-19(5-2)28(35)33-20-14-15-25(24(30)18-20)31-16-17-32-27-21-10-6-7-11-22(21)29(36)34(3)26-13-9-8-12-23(26)27/h6-15,18-19,27,31-32H,4-5,16-17H2,1-3H3,(H,33,35). The lowest BCUT2D eigenvalue weighted by Gasteiger charge is -2.22. The molecule has 3 aromatic rings. The molecular weight excluding hydrogens is 472 g/mol. The van der Waals surface area contributed by atoms with Crippen LogP contribution >= 0.6 is 11.6 Å². The van der Waals surface area contributed by atoms with Gasteiger partial charge in [-0.15, -0.1) is 0 Å². The average molecular weight is 505 g/mol. The third-order valence-corrected chi connectivity index (χ3v) is 7.11. The van der Waals surface area contributed by atoms with E-state index in [-0.39, 0.29) is 23.8 Å². The molecule has 1 heterocycles. The number of fused-ring (bicyclic) bond motifs is 2. The molecule has 6 nitrogen and oxygen atoms in total. The van der Waals surface area contributed by atoms with Crippen LogP contribution in [0.1, 0.15) is 54.2 Å². The van der Waals surface area contributed by atoms with E-state index in [2.05, 4.69) is 22.0 Å². The number of amides is 2. The SMILES string of the molecule is CCC(CC)C(=O)Nc1ccc(NCCNC2c3ccccc3C(=O)N(C)c3ccccc32)c(Cl)c1. The second kappa shape index (κ2) is 11.6. The van der Waals surface area contributed by atoms with Crippen molar-refractivity contribution in [2.24, 2.45) is 5.92 Å². The summed E-state index contributed by atoms with van der Waals surface area (Å²) >= 11 is 6.50. The first-order valence-electron chi connectivity index (χ1n) is 12.5. The molecule has 4 rings (SSSR count). The first-order valence-corrected chi connectivity index (χ1v) is 12.9. The van der Waals surface area contributed by atoms with Gasteiger partial charge in [0.2, 0.25) is 5.91 Å². The lowest BCUT2D eigenvalue weighted by Crippen LogP contribution is -2.28. The molecule has 0 spiro atoms. The van der Waals surface area contributed by atoms with Crippen molar-refractivity contribution in [3.8, 4) is 0 Å². The van der Waals surface area contributed by atoms with Crippen LogP contribution in [-0.2, 0) is 4.79 Å². The summed E-state index contributed by atoms with van der Waals surface area (Å²) in [6.45, 7) is 5.31. The minimum Gasteiger partial charge on any atom is -0.383 e. The van der Waals surface area contributed by atoms with Gasteiger partial charge in [-0.05, 0) is 54.3 Å². The van der Waals surface area contributed by atoms with Crippen LogP contribution in [0, 0.1) is 5.92 Å². The highest BCUT2D eigenvalue weighted by Crippen LogP contribution is 2.36. The van der Waals surface area contributed by atoms with Gasteiger partial charge in [0.15, 0.2) is 0 Å². The molecule has 7 heteroatoms. The summed E-state index contributed by atoms with van der Waals surface area (Å²) in [5.74, 6) is 0.0136. The largest absolute Gasteiger partial charge is 0.383 e. The Labute approximate surface area is 218 Å². The van der Waals surface area contributed by atoms with Crippen LogP contribution in [0.15, 0.2) is 66.7 Å². The highest BCUT2D eigenvalue weighted by atomic mass is 35.5. The molecule has 188 valence electrons. The molecule has 1 unspecified atom stereocenters. The maximum atomic E-state index is 13.1. The average Bonchev–Trinajstić information content (AvgIpc) is 2.97. The first kappa shape index (κ1) is 25.7. The van der Waals surface area contributed by atoms with Crippen LogP contribution in [0.5, 0.6) is 0 Å². The Kier molecular flexibility index (Phi) is 8.28. The number of hydrogen-bond donors (Lipinski definition) is 3. The molecule has 1 aliphatic rings. The van der Waals surface area contributed by atoms with E-state index in [1.165, 1.54) is 0 Å². The monoisotopic (exact) mass is 504 g/mol. The number of anilines is 3. The van der Waals surface area contributed by atoms with Crippen LogP contribution in [0.2, 0.25) is 5.02 Å². The number of carbonyl (C=O) groups excluding carboxylic acids is 2. The smallest absolute Gasteiger partial charge is 0.258 e. The number of nitrogens with one attached hydrogen (secondary N) is 3. The van der Waals surface area contributed by atoms with Crippen molar-refractivity contribution in [3.05, 3.63) is 88.4 Å². The molecule has 1 aliphatic heterocycles. The summed E-state index contributed by atoms with van der Waals surface area (Å²) in [6, 6.07) is 21.2. The zero-order valence-electron chi connectivity index (χ0n) is 21.0. The van der Waals surface area contributed by atoms with E-state index in [4.69, 9.17) is 11.6 Å². The second-order valence-electron chi connectivity index (χ2n) is 9.02. The van der Waals surface area contributed by atoms with Crippen molar-refractivity contribution < 1.29 is 9.59 Å². The predicted octanol–water partition coefficient (Wildman–Crippen LogP) is 6.10. The van der Waals surface area contributed by atoms with Gasteiger partial charge < -0.3 is 20.9 Å². The molecular formula is C29H33ClN4O2. The van der Waals surface area contributed by atoms with Crippen LogP contribution in [0.25, 0.3) is 0 Å². The number of hydrogen-bond acceptors (Lipinski definition) is 4. The fraction of sp³-hybridized carbons (Fsp3) is 0.310. The Morgan fingerprint density at radius 2 is 1.67 bits per heavy atom. The first-order chi connectivity index (χ1) is 17.4. The molecule has 0 aromatic heterocycles. The summed E-state index contributed by atoms with van der Waals surface area (Å²) in [4.78, 5) is 27.2. The van der Waals surface area contributed by atoms with Crippen LogP contribution in [0.3, 0.4) is 0 Å². The fourth-order valence-electron chi connectivity index (χ4n) is 4.71. The molecule has 3 N–H and O–H groups in total. The summed E-state index contributed by atoms with van der Waals surface area (Å²) < 4.78 is 0. The molecule has 0 fully saturated rings. The Morgan fingerprint density at radius 3 is 2.39 bits per heavy atom. The summed E-state index contributed by atoms with van der Waals surface area (Å²) in [5.41, 5.74) is 5.13. The molecule has 0 bridgehead atoms. The maximum Gasteiger partial charge on any atom is 0.258 e. The molecule has 0 aliphatic carbocycles. The molecule has 0 saturated carbocycles. The van der Waals surface area contributed by atoms with E-state index in [0.717, 1.165) is 35.3 Å². The van der Waals surface area contributed by atoms with Crippen LogP contribution in [0.4, 0.5) is 17.1 Å². The molecule has 2 amide bonds. The van der Waals surface area contributed by atoms with Gasteiger partial charge in [0.05, 0.1) is 16.8 Å². The fourth-order valence-corrected chi connectivity index (χ4v) is 4.96. The second-order valence-corrected chi connectivity index (χ2v) is 9.43. The molecule has 36 heavy (non-hydrogen) atoms. The van der Waals surface area contributed by atoms with Gasteiger partial charge in [-0.1, -0.05) is 61.8 Å². The highest BCUT2D eigenvalue weighted by Gasteiger charge is 2.30. The summed E-state index contributed by atoms with van der Waals surface area (Å²) in [5, 5.41) is 10.5. The van der Waals surface area contributed by atoms with Gasteiger partial charge >= 0.3 is 0 Å². The number of para-hydroxylation sites is 1. The molecule has 0 radical (unpaired) electrons. The van der Waals surface area contributed by atoms with Gasteiger partial charge in [0.1, 0.15) is 0 Å². The number of benzene rings is 3. The summed E-state index contributed by atoms with van der Waals surface area (Å²) in [6.07, 6.45) is 1.62. The molecule has 1 atom stereocenters. The zero-order chi connectivity index (χ0) is 25.7. The van der Waals surface area contributed by atoms with Gasteiger partial charge in [0, 0.05) is 43.0 Å². The third-order valence-electron chi connectivity index (χ3n) is 6.80. The van der Waals surface area contributed by atoms with Crippen molar-refractivity contribution in [2.75, 3.05) is 35.7 Å². The van der Waals surface area contributed by atoms with Gasteiger partial charge in [-0.3, -0.25) is 9.59 Å². The van der Waals surface area contributed by atoms with Crippen LogP contribution in [-0.4, -0.2) is 32.0 Å². The van der Waals surface area contributed by atoms with E-state index < -0.39 is 0 Å². The van der Waals surface area contributed by atoms with E-state index in [0.29, 0.717) is 29.4 Å². The summed E-state index contributed by atoms with van der Waals surface area (Å²) in [7, 11) is 1.82. The topological polar surface area (TPSA) is 73.5 Å². The van der Waals surface area contributed by atoms with E-state index in [1.54, 1.807) is 11.0 Å². The van der Waals surface area contributed by atoms with Gasteiger partial charge in [-0.25, -0.2) is 0 Å². The normalized spacial score (nSPS) is 14.8. The van der Waals surface area contributed by atoms with Crippen molar-refractivity contribution in [1.29, 1.82) is 0 Å². The number of halogens is 1. The zero-order valence-corrected chi connectivity index (χ0v) is 21.7.